The number of quaternary nitrogens is 1. The summed E-state index contributed by atoms with van der Waals surface area (Å²) in [5, 5.41) is 3.55. The molecule has 1 aliphatic carbocycles. The molecule has 3 aliphatic rings. The number of nitrogens with zero attached hydrogens (tertiary/aromatic N) is 1. The molecule has 1 saturated heterocycles. The number of amides is 1. The third-order valence-electron chi connectivity index (χ3n) is 6.61. The maximum absolute atomic E-state index is 13.3. The molecule has 3 atom stereocenters. The molecular weight excluding hydrogens is 358 g/mol. The fourth-order valence-corrected chi connectivity index (χ4v) is 4.92. The van der Waals surface area contributed by atoms with E-state index in [1.165, 1.54) is 0 Å². The monoisotopic (exact) mass is 381 g/mol. The molecular formula is C20H24ClF2N2O+. The lowest BCUT2D eigenvalue weighted by atomic mass is 9.87. The molecule has 1 N–H and O–H groups in total. The van der Waals surface area contributed by atoms with Gasteiger partial charge in [0.15, 0.2) is 0 Å². The molecule has 4 rings (SSSR count). The second-order valence-corrected chi connectivity index (χ2v) is 8.41. The molecule has 2 aliphatic heterocycles. The zero-order valence-corrected chi connectivity index (χ0v) is 15.8. The molecule has 0 radical (unpaired) electrons. The number of fused-ring (bicyclic) bond motifs is 2. The number of carbonyl (C=O) groups is 1. The Morgan fingerprint density at radius 2 is 1.92 bits per heavy atom. The third-order valence-corrected chi connectivity index (χ3v) is 6.92. The zero-order chi connectivity index (χ0) is 18.7. The lowest BCUT2D eigenvalue weighted by molar-refractivity contribution is -0.116. The first kappa shape index (κ1) is 17.9. The van der Waals surface area contributed by atoms with Crippen molar-refractivity contribution in [1.29, 1.82) is 0 Å². The standard InChI is InChI=1S/C20H23ClF2N2O/c1-12-13(2)25(12)11-15(18-16(21)4-3-5-17(18)25)19(26)24-10-14-6-8-20(22,23)9-7-14/h3-5,11-14H,6-10H2,1-2H3/p+1/t12-,13?,25?/m0/s1. The summed E-state index contributed by atoms with van der Waals surface area (Å²) in [6.07, 6.45) is 2.77. The van der Waals surface area contributed by atoms with E-state index in [1.54, 1.807) is 0 Å². The van der Waals surface area contributed by atoms with Crippen LogP contribution in [0.1, 0.15) is 45.1 Å². The van der Waals surface area contributed by atoms with Crippen LogP contribution in [0.5, 0.6) is 0 Å². The lowest BCUT2D eigenvalue weighted by Gasteiger charge is -2.28. The first-order valence-electron chi connectivity index (χ1n) is 9.33. The second-order valence-electron chi connectivity index (χ2n) is 8.00. The molecule has 0 bridgehead atoms. The Kier molecular flexibility index (Phi) is 4.16. The maximum atomic E-state index is 13.3. The van der Waals surface area contributed by atoms with Gasteiger partial charge in [-0.3, -0.25) is 4.79 Å². The Morgan fingerprint density at radius 1 is 1.27 bits per heavy atom. The summed E-state index contributed by atoms with van der Waals surface area (Å²) in [4.78, 5) is 12.9. The minimum Gasteiger partial charge on any atom is -0.352 e. The summed E-state index contributed by atoms with van der Waals surface area (Å²) in [6.45, 7) is 4.79. The van der Waals surface area contributed by atoms with Crippen LogP contribution < -0.4 is 9.80 Å². The van der Waals surface area contributed by atoms with Crippen LogP contribution in [-0.2, 0) is 4.79 Å². The van der Waals surface area contributed by atoms with Crippen molar-refractivity contribution in [1.82, 2.24) is 9.80 Å². The highest BCUT2D eigenvalue weighted by atomic mass is 35.5. The molecule has 2 fully saturated rings. The fourth-order valence-electron chi connectivity index (χ4n) is 4.65. The molecule has 1 saturated carbocycles. The van der Waals surface area contributed by atoms with E-state index >= 15 is 0 Å². The minimum atomic E-state index is -2.54. The Balaban J connectivity index is 1.51. The van der Waals surface area contributed by atoms with Crippen LogP contribution >= 0.6 is 11.6 Å². The smallest absolute Gasteiger partial charge is 0.257 e. The predicted molar refractivity (Wildman–Crippen MR) is 100 cm³/mol. The van der Waals surface area contributed by atoms with Crippen molar-refractivity contribution >= 4 is 28.8 Å². The number of alkyl halides is 2. The molecule has 2 heterocycles. The molecule has 140 valence electrons. The molecule has 1 amide bonds. The van der Waals surface area contributed by atoms with Gasteiger partial charge in [0.1, 0.15) is 29.5 Å². The van der Waals surface area contributed by atoms with Crippen molar-refractivity contribution < 1.29 is 13.6 Å². The van der Waals surface area contributed by atoms with Gasteiger partial charge in [0.25, 0.3) is 5.91 Å². The van der Waals surface area contributed by atoms with Gasteiger partial charge in [-0.05, 0) is 38.7 Å². The van der Waals surface area contributed by atoms with Gasteiger partial charge < -0.3 is 5.32 Å². The maximum Gasteiger partial charge on any atom is 0.257 e. The average Bonchev–Trinajstić information content (AvgIpc) is 2.96. The highest BCUT2D eigenvalue weighted by molar-refractivity contribution is 6.36. The van der Waals surface area contributed by atoms with Gasteiger partial charge in [-0.15, -0.1) is 0 Å². The van der Waals surface area contributed by atoms with E-state index in [1.807, 2.05) is 24.4 Å². The van der Waals surface area contributed by atoms with Crippen LogP contribution in [0.25, 0.3) is 5.57 Å². The van der Waals surface area contributed by atoms with Gasteiger partial charge in [-0.1, -0.05) is 17.7 Å². The summed E-state index contributed by atoms with van der Waals surface area (Å²) in [5.74, 6) is -2.57. The minimum absolute atomic E-state index is 0.0834. The van der Waals surface area contributed by atoms with Crippen LogP contribution in [0, 0.1) is 5.92 Å². The van der Waals surface area contributed by atoms with Crippen LogP contribution in [-0.4, -0.2) is 30.5 Å². The Labute approximate surface area is 157 Å². The van der Waals surface area contributed by atoms with E-state index in [-0.39, 0.29) is 24.7 Å². The summed E-state index contributed by atoms with van der Waals surface area (Å²) in [5.41, 5.74) is 2.51. The zero-order valence-electron chi connectivity index (χ0n) is 15.1. The van der Waals surface area contributed by atoms with E-state index in [2.05, 4.69) is 19.2 Å². The van der Waals surface area contributed by atoms with Crippen LogP contribution in [0.2, 0.25) is 5.02 Å². The molecule has 2 unspecified atom stereocenters. The molecule has 1 spiro atoms. The Bertz CT molecular complexity index is 774. The number of hydrogen-bond donors (Lipinski definition) is 1. The van der Waals surface area contributed by atoms with Crippen molar-refractivity contribution in [2.75, 3.05) is 6.54 Å². The number of carbonyl (C=O) groups excluding carboxylic acids is 1. The number of halogens is 3. The van der Waals surface area contributed by atoms with Crippen LogP contribution in [0.15, 0.2) is 24.4 Å². The van der Waals surface area contributed by atoms with Crippen LogP contribution in [0.3, 0.4) is 0 Å². The highest BCUT2D eigenvalue weighted by Crippen LogP contribution is 2.55. The lowest BCUT2D eigenvalue weighted by Crippen LogP contribution is -2.34. The SMILES string of the molecule is CC1[C@H](C)[N+]12C=C(C(=O)NCC1CCC(F)(F)CC1)c1c(Cl)cccc12. The quantitative estimate of drug-likeness (QED) is 0.595. The summed E-state index contributed by atoms with van der Waals surface area (Å²) in [7, 11) is 0. The largest absolute Gasteiger partial charge is 0.352 e. The molecule has 0 aromatic heterocycles. The topological polar surface area (TPSA) is 29.1 Å². The highest BCUT2D eigenvalue weighted by Gasteiger charge is 2.65. The van der Waals surface area contributed by atoms with Crippen molar-refractivity contribution in [2.24, 2.45) is 5.92 Å². The summed E-state index contributed by atoms with van der Waals surface area (Å²) in [6, 6.07) is 6.61. The molecule has 1 aromatic rings. The van der Waals surface area contributed by atoms with E-state index in [0.717, 1.165) is 11.3 Å². The van der Waals surface area contributed by atoms with E-state index in [9.17, 15) is 13.6 Å². The van der Waals surface area contributed by atoms with Gasteiger partial charge in [0.05, 0.1) is 10.6 Å². The molecule has 26 heavy (non-hydrogen) atoms. The Hall–Kier alpha value is -1.46. The third kappa shape index (κ3) is 2.67. The van der Waals surface area contributed by atoms with Crippen molar-refractivity contribution in [3.63, 3.8) is 0 Å². The normalized spacial score (nSPS) is 32.3. The second kappa shape index (κ2) is 6.03. The van der Waals surface area contributed by atoms with Crippen molar-refractivity contribution in [3.05, 3.63) is 35.0 Å². The summed E-state index contributed by atoms with van der Waals surface area (Å²) >= 11 is 6.43. The van der Waals surface area contributed by atoms with Crippen molar-refractivity contribution in [2.45, 2.75) is 57.5 Å². The number of nitrogens with one attached hydrogen (secondary N) is 1. The number of benzene rings is 1. The predicted octanol–water partition coefficient (Wildman–Crippen LogP) is 4.73. The van der Waals surface area contributed by atoms with Gasteiger partial charge in [-0.2, -0.15) is 0 Å². The number of hydrogen-bond acceptors (Lipinski definition) is 1. The summed E-state index contributed by atoms with van der Waals surface area (Å²) < 4.78 is 27.2. The first-order valence-corrected chi connectivity index (χ1v) is 9.70. The van der Waals surface area contributed by atoms with Gasteiger partial charge >= 0.3 is 0 Å². The van der Waals surface area contributed by atoms with Gasteiger partial charge in [0, 0.05) is 25.5 Å². The van der Waals surface area contributed by atoms with E-state index in [4.69, 9.17) is 11.6 Å². The molecule has 3 nitrogen and oxygen atoms in total. The van der Waals surface area contributed by atoms with Crippen molar-refractivity contribution in [3.8, 4) is 0 Å². The fraction of sp³-hybridized carbons (Fsp3) is 0.550. The van der Waals surface area contributed by atoms with E-state index in [0.29, 0.717) is 46.5 Å². The Morgan fingerprint density at radius 3 is 2.54 bits per heavy atom. The number of rotatable bonds is 3. The van der Waals surface area contributed by atoms with Crippen LogP contribution in [0.4, 0.5) is 14.5 Å². The van der Waals surface area contributed by atoms with Gasteiger partial charge in [-0.25, -0.2) is 13.3 Å². The first-order chi connectivity index (χ1) is 12.3. The average molecular weight is 382 g/mol. The van der Waals surface area contributed by atoms with Gasteiger partial charge in [0.2, 0.25) is 5.92 Å². The van der Waals surface area contributed by atoms with E-state index < -0.39 is 5.92 Å². The molecule has 6 heteroatoms. The molecule has 1 aromatic carbocycles.